The van der Waals surface area contributed by atoms with Crippen LogP contribution in [0.4, 0.5) is 0 Å². The van der Waals surface area contributed by atoms with Crippen LogP contribution < -0.4 is 14.2 Å². The van der Waals surface area contributed by atoms with Crippen molar-refractivity contribution in [3.8, 4) is 17.2 Å². The van der Waals surface area contributed by atoms with Crippen molar-refractivity contribution in [1.29, 1.82) is 0 Å². The van der Waals surface area contributed by atoms with Crippen molar-refractivity contribution >= 4 is 29.5 Å². The van der Waals surface area contributed by atoms with Crippen LogP contribution in [0.5, 0.6) is 17.2 Å². The highest BCUT2D eigenvalue weighted by Crippen LogP contribution is 2.40. The van der Waals surface area contributed by atoms with Gasteiger partial charge in [0.25, 0.3) is 5.91 Å². The van der Waals surface area contributed by atoms with Crippen LogP contribution in [0, 0.1) is 6.92 Å². The van der Waals surface area contributed by atoms with Gasteiger partial charge in [-0.1, -0.05) is 17.7 Å². The molecule has 1 saturated heterocycles. The number of hydrogen-bond donors (Lipinski definition) is 0. The predicted octanol–water partition coefficient (Wildman–Crippen LogP) is 2.64. The van der Waals surface area contributed by atoms with Crippen LogP contribution in [0.2, 0.25) is 5.15 Å². The standard InChI is InChI=1S/C22H27ClN4O5/c1-14-16(22(23)25(2)24-14)8-10-18(28)26-11-6-12-27(26)19(29)13-15-7-9-17(30-3)21(32-5)20(15)31-4/h7-10H,6,11-13H2,1-5H3. The average molecular weight is 463 g/mol. The molecule has 1 aromatic heterocycles. The van der Waals surface area contributed by atoms with Crippen molar-refractivity contribution in [2.75, 3.05) is 34.4 Å². The molecule has 1 aliphatic heterocycles. The first kappa shape index (κ1) is 23.5. The van der Waals surface area contributed by atoms with Gasteiger partial charge in [-0.2, -0.15) is 5.10 Å². The maximum absolute atomic E-state index is 13.1. The van der Waals surface area contributed by atoms with Gasteiger partial charge in [0.2, 0.25) is 11.7 Å². The third-order valence-electron chi connectivity index (χ3n) is 5.29. The number of halogens is 1. The van der Waals surface area contributed by atoms with Gasteiger partial charge < -0.3 is 14.2 Å². The molecule has 1 fully saturated rings. The van der Waals surface area contributed by atoms with E-state index in [9.17, 15) is 9.59 Å². The summed E-state index contributed by atoms with van der Waals surface area (Å²) in [5.41, 5.74) is 2.04. The Bertz CT molecular complexity index is 1050. The molecule has 2 aromatic rings. The molecule has 0 unspecified atom stereocenters. The highest BCUT2D eigenvalue weighted by atomic mass is 35.5. The molecule has 9 nitrogen and oxygen atoms in total. The quantitative estimate of drug-likeness (QED) is 0.588. The van der Waals surface area contributed by atoms with Crippen LogP contribution in [0.15, 0.2) is 18.2 Å². The summed E-state index contributed by atoms with van der Waals surface area (Å²) in [6.07, 6.45) is 3.79. The highest BCUT2D eigenvalue weighted by Gasteiger charge is 2.30. The third-order valence-corrected chi connectivity index (χ3v) is 5.74. The molecule has 0 bridgehead atoms. The van der Waals surface area contributed by atoms with E-state index in [1.54, 1.807) is 29.9 Å². The second kappa shape index (κ2) is 9.95. The van der Waals surface area contributed by atoms with Gasteiger partial charge in [-0.05, 0) is 25.5 Å². The summed E-state index contributed by atoms with van der Waals surface area (Å²) in [6, 6.07) is 3.48. The van der Waals surface area contributed by atoms with Crippen molar-refractivity contribution in [2.45, 2.75) is 19.8 Å². The van der Waals surface area contributed by atoms with E-state index in [-0.39, 0.29) is 18.2 Å². The van der Waals surface area contributed by atoms with E-state index in [1.807, 2.05) is 6.92 Å². The molecule has 0 spiro atoms. The fraction of sp³-hybridized carbons (Fsp3) is 0.409. The van der Waals surface area contributed by atoms with Gasteiger partial charge in [-0.15, -0.1) is 0 Å². The molecule has 0 atom stereocenters. The van der Waals surface area contributed by atoms with E-state index in [0.29, 0.717) is 53.0 Å². The Labute approximate surface area is 192 Å². The molecule has 10 heteroatoms. The molecule has 0 aliphatic carbocycles. The molecule has 0 radical (unpaired) electrons. The SMILES string of the molecule is COc1ccc(CC(=O)N2CCCN2C(=O)C=Cc2c(C)nn(C)c2Cl)c(OC)c1OC. The minimum absolute atomic E-state index is 0.0462. The summed E-state index contributed by atoms with van der Waals surface area (Å²) in [6.45, 7) is 2.73. The molecule has 2 heterocycles. The molecular formula is C22H27ClN4O5. The van der Waals surface area contributed by atoms with Crippen LogP contribution >= 0.6 is 11.6 Å². The number of amides is 2. The minimum Gasteiger partial charge on any atom is -0.493 e. The van der Waals surface area contributed by atoms with E-state index in [0.717, 1.165) is 5.69 Å². The van der Waals surface area contributed by atoms with Gasteiger partial charge in [-0.25, -0.2) is 5.01 Å². The Morgan fingerprint density at radius 1 is 1.09 bits per heavy atom. The lowest BCUT2D eigenvalue weighted by atomic mass is 10.1. The topological polar surface area (TPSA) is 86.1 Å². The molecule has 0 saturated carbocycles. The van der Waals surface area contributed by atoms with Crippen LogP contribution in [0.1, 0.15) is 23.2 Å². The van der Waals surface area contributed by atoms with Crippen LogP contribution in [-0.4, -0.2) is 66.0 Å². The lowest BCUT2D eigenvalue weighted by Crippen LogP contribution is -2.44. The Morgan fingerprint density at radius 2 is 1.78 bits per heavy atom. The summed E-state index contributed by atoms with van der Waals surface area (Å²) in [4.78, 5) is 25.9. The van der Waals surface area contributed by atoms with E-state index in [2.05, 4.69) is 5.10 Å². The van der Waals surface area contributed by atoms with Gasteiger partial charge in [0.05, 0.1) is 33.4 Å². The molecule has 1 aliphatic rings. The number of rotatable bonds is 7. The number of aryl methyl sites for hydroxylation is 2. The summed E-state index contributed by atoms with van der Waals surface area (Å²) in [7, 11) is 6.28. The smallest absolute Gasteiger partial charge is 0.265 e. The molecular weight excluding hydrogens is 436 g/mol. The van der Waals surface area contributed by atoms with Crippen molar-refractivity contribution in [2.24, 2.45) is 7.05 Å². The lowest BCUT2D eigenvalue weighted by Gasteiger charge is -2.27. The maximum Gasteiger partial charge on any atom is 0.265 e. The second-order valence-corrected chi connectivity index (χ2v) is 7.61. The van der Waals surface area contributed by atoms with E-state index in [4.69, 9.17) is 25.8 Å². The molecule has 172 valence electrons. The van der Waals surface area contributed by atoms with E-state index < -0.39 is 0 Å². The summed E-state index contributed by atoms with van der Waals surface area (Å²) in [5, 5.41) is 7.60. The summed E-state index contributed by atoms with van der Waals surface area (Å²) in [5.74, 6) is 0.841. The molecule has 32 heavy (non-hydrogen) atoms. The minimum atomic E-state index is -0.297. The van der Waals surface area contributed by atoms with Crippen molar-refractivity contribution in [1.82, 2.24) is 19.8 Å². The number of carbonyl (C=O) groups is 2. The number of nitrogens with zero attached hydrogens (tertiary/aromatic N) is 4. The zero-order valence-corrected chi connectivity index (χ0v) is 19.6. The molecule has 3 rings (SSSR count). The average Bonchev–Trinajstić information content (AvgIpc) is 3.36. The Hall–Kier alpha value is -3.20. The highest BCUT2D eigenvalue weighted by molar-refractivity contribution is 6.31. The predicted molar refractivity (Wildman–Crippen MR) is 120 cm³/mol. The van der Waals surface area contributed by atoms with Crippen molar-refractivity contribution < 1.29 is 23.8 Å². The van der Waals surface area contributed by atoms with Gasteiger partial charge >= 0.3 is 0 Å². The number of hydrogen-bond acceptors (Lipinski definition) is 6. The van der Waals surface area contributed by atoms with Gasteiger partial charge in [0.15, 0.2) is 11.5 Å². The lowest BCUT2D eigenvalue weighted by molar-refractivity contribution is -0.154. The Kier molecular flexibility index (Phi) is 7.29. The fourth-order valence-corrected chi connectivity index (χ4v) is 3.97. The zero-order valence-electron chi connectivity index (χ0n) is 18.8. The monoisotopic (exact) mass is 462 g/mol. The van der Waals surface area contributed by atoms with Crippen LogP contribution in [0.25, 0.3) is 6.08 Å². The normalized spacial score (nSPS) is 13.7. The van der Waals surface area contributed by atoms with Gasteiger partial charge in [0, 0.05) is 37.3 Å². The van der Waals surface area contributed by atoms with E-state index in [1.165, 1.54) is 37.4 Å². The molecule has 0 N–H and O–H groups in total. The van der Waals surface area contributed by atoms with Crippen molar-refractivity contribution in [3.05, 3.63) is 40.2 Å². The van der Waals surface area contributed by atoms with Gasteiger partial charge in [0.1, 0.15) is 5.15 Å². The maximum atomic E-state index is 13.1. The van der Waals surface area contributed by atoms with E-state index >= 15 is 0 Å². The first-order valence-electron chi connectivity index (χ1n) is 10.1. The first-order valence-corrected chi connectivity index (χ1v) is 10.5. The Morgan fingerprint density at radius 3 is 2.38 bits per heavy atom. The first-order chi connectivity index (χ1) is 15.3. The Balaban J connectivity index is 1.77. The number of benzene rings is 1. The summed E-state index contributed by atoms with van der Waals surface area (Å²) >= 11 is 6.23. The molecule has 1 aromatic carbocycles. The zero-order chi connectivity index (χ0) is 23.4. The number of aromatic nitrogens is 2. The number of hydrazine groups is 1. The molecule has 2 amide bonds. The largest absolute Gasteiger partial charge is 0.493 e. The number of carbonyl (C=O) groups excluding carboxylic acids is 2. The van der Waals surface area contributed by atoms with Crippen molar-refractivity contribution in [3.63, 3.8) is 0 Å². The number of ether oxygens (including phenoxy) is 3. The fourth-order valence-electron chi connectivity index (χ4n) is 3.73. The third kappa shape index (κ3) is 4.52. The second-order valence-electron chi connectivity index (χ2n) is 7.25. The van der Waals surface area contributed by atoms with Crippen LogP contribution in [0.3, 0.4) is 0 Å². The summed E-state index contributed by atoms with van der Waals surface area (Å²) < 4.78 is 17.7. The number of methoxy groups -OCH3 is 3. The van der Waals surface area contributed by atoms with Crippen LogP contribution in [-0.2, 0) is 23.1 Å². The van der Waals surface area contributed by atoms with Gasteiger partial charge in [-0.3, -0.25) is 19.3 Å².